The predicted molar refractivity (Wildman–Crippen MR) is 107 cm³/mol. The zero-order chi connectivity index (χ0) is 19.0. The van der Waals surface area contributed by atoms with Crippen LogP contribution < -0.4 is 5.56 Å². The van der Waals surface area contributed by atoms with E-state index in [1.807, 2.05) is 48.7 Å². The largest absolute Gasteiger partial charge is 0.276 e. The SMILES string of the molecule is C=C(c1cccc(C#N)n1)c1nc2ccsc2c(=O)n1-c1ccccc1C. The number of hydrogen-bond acceptors (Lipinski definition) is 5. The molecule has 130 valence electrons. The maximum Gasteiger partial charge on any atom is 0.276 e. The van der Waals surface area contributed by atoms with Crippen LogP contribution in [0.3, 0.4) is 0 Å². The molecule has 0 bridgehead atoms. The minimum atomic E-state index is -0.142. The Morgan fingerprint density at radius 1 is 1.15 bits per heavy atom. The van der Waals surface area contributed by atoms with Crippen LogP contribution in [0.1, 0.15) is 22.8 Å². The molecule has 0 saturated carbocycles. The van der Waals surface area contributed by atoms with Crippen LogP contribution in [0.15, 0.2) is 65.3 Å². The summed E-state index contributed by atoms with van der Waals surface area (Å²) in [5.41, 5.74) is 3.47. The number of nitriles is 1. The van der Waals surface area contributed by atoms with Crippen molar-refractivity contribution in [1.29, 1.82) is 5.26 Å². The molecule has 4 rings (SSSR count). The number of para-hydroxylation sites is 1. The lowest BCUT2D eigenvalue weighted by Crippen LogP contribution is -2.23. The number of thiophene rings is 1. The average Bonchev–Trinajstić information content (AvgIpc) is 3.17. The standard InChI is InChI=1S/C21H14N4OS/c1-13-6-3-4-9-18(13)25-20(24-17-10-11-27-19(17)21(25)26)14(2)16-8-5-7-15(12-22)23-16/h3-11H,2H2,1H3. The Bertz CT molecular complexity index is 1290. The summed E-state index contributed by atoms with van der Waals surface area (Å²) in [6.07, 6.45) is 0. The van der Waals surface area contributed by atoms with Gasteiger partial charge in [0, 0.05) is 5.57 Å². The monoisotopic (exact) mass is 370 g/mol. The van der Waals surface area contributed by atoms with E-state index in [0.29, 0.717) is 27.3 Å². The summed E-state index contributed by atoms with van der Waals surface area (Å²) < 4.78 is 2.17. The first kappa shape index (κ1) is 16.9. The molecule has 5 nitrogen and oxygen atoms in total. The highest BCUT2D eigenvalue weighted by Crippen LogP contribution is 2.25. The van der Waals surface area contributed by atoms with Gasteiger partial charge in [0.05, 0.1) is 16.9 Å². The van der Waals surface area contributed by atoms with Gasteiger partial charge in [-0.05, 0) is 42.1 Å². The van der Waals surface area contributed by atoms with Gasteiger partial charge in [-0.2, -0.15) is 5.26 Å². The molecule has 0 amide bonds. The molecule has 0 unspecified atom stereocenters. The van der Waals surface area contributed by atoms with Crippen LogP contribution in [0.2, 0.25) is 0 Å². The Morgan fingerprint density at radius 2 is 1.96 bits per heavy atom. The van der Waals surface area contributed by atoms with Crippen LogP contribution >= 0.6 is 11.3 Å². The minimum Gasteiger partial charge on any atom is -0.267 e. The van der Waals surface area contributed by atoms with Gasteiger partial charge in [0.1, 0.15) is 22.3 Å². The normalized spacial score (nSPS) is 10.7. The van der Waals surface area contributed by atoms with Crippen molar-refractivity contribution < 1.29 is 0 Å². The Kier molecular flexibility index (Phi) is 4.15. The molecule has 4 aromatic rings. The van der Waals surface area contributed by atoms with E-state index in [1.54, 1.807) is 22.8 Å². The quantitative estimate of drug-likeness (QED) is 0.545. The smallest absolute Gasteiger partial charge is 0.267 e. The second-order valence-electron chi connectivity index (χ2n) is 6.00. The average molecular weight is 370 g/mol. The number of pyridine rings is 1. The molecule has 0 aliphatic carbocycles. The van der Waals surface area contributed by atoms with Crippen LogP contribution in [0.4, 0.5) is 0 Å². The highest BCUT2D eigenvalue weighted by atomic mass is 32.1. The molecular weight excluding hydrogens is 356 g/mol. The number of nitrogens with zero attached hydrogens (tertiary/aromatic N) is 4. The predicted octanol–water partition coefficient (Wildman–Crippen LogP) is 4.08. The molecule has 27 heavy (non-hydrogen) atoms. The van der Waals surface area contributed by atoms with Gasteiger partial charge >= 0.3 is 0 Å². The molecule has 3 heterocycles. The van der Waals surface area contributed by atoms with E-state index in [2.05, 4.69) is 11.6 Å². The van der Waals surface area contributed by atoms with Gasteiger partial charge in [0.2, 0.25) is 0 Å². The fourth-order valence-corrected chi connectivity index (χ4v) is 3.69. The summed E-state index contributed by atoms with van der Waals surface area (Å²) in [5, 5.41) is 11.0. The fourth-order valence-electron chi connectivity index (χ4n) is 2.93. The third-order valence-electron chi connectivity index (χ3n) is 4.28. The van der Waals surface area contributed by atoms with Gasteiger partial charge in [-0.1, -0.05) is 30.8 Å². The van der Waals surface area contributed by atoms with E-state index >= 15 is 0 Å². The van der Waals surface area contributed by atoms with Crippen molar-refractivity contribution in [2.45, 2.75) is 6.92 Å². The van der Waals surface area contributed by atoms with E-state index in [0.717, 1.165) is 11.3 Å². The molecule has 0 atom stereocenters. The molecule has 0 saturated heterocycles. The van der Waals surface area contributed by atoms with Crippen molar-refractivity contribution in [1.82, 2.24) is 14.5 Å². The summed E-state index contributed by atoms with van der Waals surface area (Å²) in [4.78, 5) is 22.2. The Morgan fingerprint density at radius 3 is 2.74 bits per heavy atom. The molecular formula is C21H14N4OS. The highest BCUT2D eigenvalue weighted by molar-refractivity contribution is 7.17. The minimum absolute atomic E-state index is 0.142. The lowest BCUT2D eigenvalue weighted by molar-refractivity contribution is 0.927. The Hall–Kier alpha value is -3.56. The first-order chi connectivity index (χ1) is 13.1. The van der Waals surface area contributed by atoms with E-state index in [9.17, 15) is 4.79 Å². The number of rotatable bonds is 3. The van der Waals surface area contributed by atoms with Crippen molar-refractivity contribution in [2.75, 3.05) is 0 Å². The Balaban J connectivity index is 2.04. The second kappa shape index (κ2) is 6.63. The number of fused-ring (bicyclic) bond motifs is 1. The number of aryl methyl sites for hydroxylation is 1. The first-order valence-electron chi connectivity index (χ1n) is 8.23. The number of benzene rings is 1. The van der Waals surface area contributed by atoms with Crippen molar-refractivity contribution >= 4 is 27.1 Å². The van der Waals surface area contributed by atoms with Gasteiger partial charge in [0.25, 0.3) is 5.56 Å². The third-order valence-corrected chi connectivity index (χ3v) is 5.17. The molecule has 6 heteroatoms. The lowest BCUT2D eigenvalue weighted by atomic mass is 10.1. The third kappa shape index (κ3) is 2.84. The summed E-state index contributed by atoms with van der Waals surface area (Å²) in [7, 11) is 0. The number of aromatic nitrogens is 3. The fraction of sp³-hybridized carbons (Fsp3) is 0.0476. The molecule has 1 aromatic carbocycles. The van der Waals surface area contributed by atoms with Crippen LogP contribution in [0, 0.1) is 18.3 Å². The van der Waals surface area contributed by atoms with Gasteiger partial charge in [-0.15, -0.1) is 11.3 Å². The van der Waals surface area contributed by atoms with E-state index in [1.165, 1.54) is 11.3 Å². The van der Waals surface area contributed by atoms with Crippen molar-refractivity contribution in [3.05, 3.63) is 93.6 Å². The summed E-state index contributed by atoms with van der Waals surface area (Å²) in [5.74, 6) is 0.419. The van der Waals surface area contributed by atoms with Gasteiger partial charge < -0.3 is 0 Å². The molecule has 0 aliphatic heterocycles. The molecule has 0 spiro atoms. The van der Waals surface area contributed by atoms with Gasteiger partial charge in [-0.25, -0.2) is 9.97 Å². The lowest BCUT2D eigenvalue weighted by Gasteiger charge is -2.16. The van der Waals surface area contributed by atoms with E-state index in [-0.39, 0.29) is 11.3 Å². The summed E-state index contributed by atoms with van der Waals surface area (Å²) in [6, 6.07) is 16.6. The highest BCUT2D eigenvalue weighted by Gasteiger charge is 2.18. The molecule has 0 radical (unpaired) electrons. The second-order valence-corrected chi connectivity index (χ2v) is 6.91. The Labute approximate surface area is 159 Å². The zero-order valence-corrected chi connectivity index (χ0v) is 15.3. The van der Waals surface area contributed by atoms with Crippen LogP contribution in [0.5, 0.6) is 0 Å². The molecule has 0 aliphatic rings. The maximum atomic E-state index is 13.2. The van der Waals surface area contributed by atoms with Gasteiger partial charge in [0.15, 0.2) is 0 Å². The van der Waals surface area contributed by atoms with Crippen LogP contribution in [-0.2, 0) is 0 Å². The van der Waals surface area contributed by atoms with Crippen LogP contribution in [-0.4, -0.2) is 14.5 Å². The van der Waals surface area contributed by atoms with E-state index < -0.39 is 0 Å². The number of hydrogen-bond donors (Lipinski definition) is 0. The zero-order valence-electron chi connectivity index (χ0n) is 14.5. The summed E-state index contributed by atoms with van der Waals surface area (Å²) >= 11 is 1.37. The summed E-state index contributed by atoms with van der Waals surface area (Å²) in [6.45, 7) is 6.07. The van der Waals surface area contributed by atoms with Crippen molar-refractivity contribution in [3.8, 4) is 11.8 Å². The molecule has 0 N–H and O–H groups in total. The van der Waals surface area contributed by atoms with Crippen molar-refractivity contribution in [3.63, 3.8) is 0 Å². The molecule has 3 aromatic heterocycles. The van der Waals surface area contributed by atoms with Crippen LogP contribution in [0.25, 0.3) is 21.5 Å². The van der Waals surface area contributed by atoms with E-state index in [4.69, 9.17) is 10.2 Å². The molecule has 0 fully saturated rings. The van der Waals surface area contributed by atoms with Gasteiger partial charge in [-0.3, -0.25) is 9.36 Å². The van der Waals surface area contributed by atoms with Crippen molar-refractivity contribution in [2.24, 2.45) is 0 Å². The maximum absolute atomic E-state index is 13.2. The topological polar surface area (TPSA) is 71.6 Å². The first-order valence-corrected chi connectivity index (χ1v) is 9.11.